The molecule has 2 aromatic heterocycles. The fraction of sp³-hybridized carbons (Fsp3) is 0.250. The number of hydrogen-bond acceptors (Lipinski definition) is 4. The van der Waals surface area contributed by atoms with E-state index in [0.29, 0.717) is 18.8 Å². The third kappa shape index (κ3) is 3.18. The number of likely N-dealkylation sites (tertiary alicyclic amines) is 1. The minimum atomic E-state index is -0.0542. The molecule has 1 fully saturated rings. The molecule has 0 atom stereocenters. The zero-order valence-corrected chi connectivity index (χ0v) is 14.6. The molecule has 0 bridgehead atoms. The molecule has 1 aliphatic rings. The predicted molar refractivity (Wildman–Crippen MR) is 98.0 cm³/mol. The average molecular weight is 348 g/mol. The van der Waals surface area contributed by atoms with Crippen LogP contribution in [0.1, 0.15) is 23.0 Å². The second-order valence-electron chi connectivity index (χ2n) is 6.31. The third-order valence-corrected chi connectivity index (χ3v) is 4.57. The minimum absolute atomic E-state index is 0.0363. The Balaban J connectivity index is 1.37. The van der Waals surface area contributed by atoms with E-state index in [0.717, 1.165) is 23.4 Å². The number of amides is 1. The number of nitrogens with one attached hydrogen (secondary N) is 1. The molecule has 0 aliphatic carbocycles. The highest BCUT2D eigenvalue weighted by atomic mass is 16.5. The third-order valence-electron chi connectivity index (χ3n) is 4.57. The van der Waals surface area contributed by atoms with Gasteiger partial charge in [0.15, 0.2) is 0 Å². The first kappa shape index (κ1) is 16.3. The molecular formula is C20H20N4O2. The van der Waals surface area contributed by atoms with Crippen LogP contribution in [0.3, 0.4) is 0 Å². The molecule has 132 valence electrons. The van der Waals surface area contributed by atoms with Crippen LogP contribution in [0.2, 0.25) is 0 Å². The number of para-hydroxylation sites is 1. The van der Waals surface area contributed by atoms with E-state index in [4.69, 9.17) is 4.74 Å². The lowest BCUT2D eigenvalue weighted by Crippen LogP contribution is -2.56. The van der Waals surface area contributed by atoms with Crippen LogP contribution in [0.5, 0.6) is 5.75 Å². The lowest BCUT2D eigenvalue weighted by Gasteiger charge is -2.39. The summed E-state index contributed by atoms with van der Waals surface area (Å²) in [6.07, 6.45) is 4.38. The normalized spacial score (nSPS) is 14.1. The van der Waals surface area contributed by atoms with Crippen LogP contribution in [0.15, 0.2) is 54.9 Å². The molecule has 1 saturated heterocycles. The molecule has 1 N–H and O–H groups in total. The van der Waals surface area contributed by atoms with Crippen molar-refractivity contribution >= 4 is 5.91 Å². The molecule has 3 heterocycles. The van der Waals surface area contributed by atoms with Gasteiger partial charge < -0.3 is 9.64 Å². The first-order chi connectivity index (χ1) is 12.7. The first-order valence-electron chi connectivity index (χ1n) is 8.74. The Morgan fingerprint density at radius 1 is 1.23 bits per heavy atom. The zero-order chi connectivity index (χ0) is 17.9. The van der Waals surface area contributed by atoms with Gasteiger partial charge in [0.2, 0.25) is 0 Å². The van der Waals surface area contributed by atoms with E-state index in [9.17, 15) is 4.79 Å². The molecule has 1 aromatic carbocycles. The summed E-state index contributed by atoms with van der Waals surface area (Å²) in [5.74, 6) is 0.857. The number of nitrogens with zero attached hydrogens (tertiary/aromatic N) is 3. The van der Waals surface area contributed by atoms with Gasteiger partial charge in [-0.1, -0.05) is 25.1 Å². The van der Waals surface area contributed by atoms with Crippen molar-refractivity contribution in [2.75, 3.05) is 13.1 Å². The van der Waals surface area contributed by atoms with Crippen molar-refractivity contribution in [1.29, 1.82) is 0 Å². The fourth-order valence-corrected chi connectivity index (χ4v) is 3.04. The van der Waals surface area contributed by atoms with Crippen LogP contribution in [-0.2, 0) is 6.42 Å². The summed E-state index contributed by atoms with van der Waals surface area (Å²) in [4.78, 5) is 18.3. The number of H-pyrrole nitrogens is 1. The number of aromatic nitrogens is 3. The van der Waals surface area contributed by atoms with Gasteiger partial charge in [-0.05, 0) is 36.2 Å². The van der Waals surface area contributed by atoms with Gasteiger partial charge in [-0.3, -0.25) is 14.9 Å². The second kappa shape index (κ2) is 7.00. The molecule has 6 heteroatoms. The van der Waals surface area contributed by atoms with Gasteiger partial charge >= 0.3 is 0 Å². The van der Waals surface area contributed by atoms with Gasteiger partial charge in [0.1, 0.15) is 17.5 Å². The van der Waals surface area contributed by atoms with Gasteiger partial charge in [-0.25, -0.2) is 0 Å². The summed E-state index contributed by atoms with van der Waals surface area (Å²) in [7, 11) is 0. The molecule has 26 heavy (non-hydrogen) atoms. The van der Waals surface area contributed by atoms with Crippen molar-refractivity contribution in [3.05, 3.63) is 66.1 Å². The Bertz CT molecular complexity index is 901. The Kier molecular flexibility index (Phi) is 4.39. The lowest BCUT2D eigenvalue weighted by molar-refractivity contribution is 0.0170. The SMILES string of the molecule is CCc1ccccc1OC1CN(C(=O)c2cc(-c3ccncc3)n[nH]2)C1. The molecule has 0 radical (unpaired) electrons. The molecule has 1 amide bonds. The van der Waals surface area contributed by atoms with E-state index >= 15 is 0 Å². The van der Waals surface area contributed by atoms with Gasteiger partial charge in [0.25, 0.3) is 5.91 Å². The van der Waals surface area contributed by atoms with Crippen molar-refractivity contribution < 1.29 is 9.53 Å². The van der Waals surface area contributed by atoms with Crippen molar-refractivity contribution in [2.24, 2.45) is 0 Å². The van der Waals surface area contributed by atoms with Crippen molar-refractivity contribution in [2.45, 2.75) is 19.4 Å². The number of aryl methyl sites for hydroxylation is 1. The zero-order valence-electron chi connectivity index (χ0n) is 14.6. The standard InChI is InChI=1S/C20H20N4O2/c1-2-14-5-3-4-6-19(14)26-16-12-24(13-16)20(25)18-11-17(22-23-18)15-7-9-21-10-8-15/h3-11,16H,2,12-13H2,1H3,(H,22,23). The van der Waals surface area contributed by atoms with Gasteiger partial charge in [-0.15, -0.1) is 0 Å². The maximum absolute atomic E-state index is 12.6. The Hall–Kier alpha value is -3.15. The predicted octanol–water partition coefficient (Wildman–Crippen LogP) is 2.94. The maximum atomic E-state index is 12.6. The topological polar surface area (TPSA) is 71.1 Å². The Morgan fingerprint density at radius 2 is 2.00 bits per heavy atom. The van der Waals surface area contributed by atoms with Crippen molar-refractivity contribution in [1.82, 2.24) is 20.1 Å². The van der Waals surface area contributed by atoms with Gasteiger partial charge in [0, 0.05) is 18.0 Å². The highest BCUT2D eigenvalue weighted by molar-refractivity contribution is 5.94. The quantitative estimate of drug-likeness (QED) is 0.769. The molecule has 3 aromatic rings. The van der Waals surface area contributed by atoms with Crippen LogP contribution >= 0.6 is 0 Å². The van der Waals surface area contributed by atoms with Crippen LogP contribution < -0.4 is 4.74 Å². The number of carbonyl (C=O) groups excluding carboxylic acids is 1. The molecule has 0 unspecified atom stereocenters. The monoisotopic (exact) mass is 348 g/mol. The van der Waals surface area contributed by atoms with E-state index in [1.54, 1.807) is 23.4 Å². The number of ether oxygens (including phenoxy) is 1. The minimum Gasteiger partial charge on any atom is -0.486 e. The molecule has 4 rings (SSSR count). The molecule has 6 nitrogen and oxygen atoms in total. The number of hydrogen-bond donors (Lipinski definition) is 1. The van der Waals surface area contributed by atoms with E-state index in [-0.39, 0.29) is 12.0 Å². The Morgan fingerprint density at radius 3 is 2.77 bits per heavy atom. The molecular weight excluding hydrogens is 328 g/mol. The number of benzene rings is 1. The van der Waals surface area contributed by atoms with Crippen LogP contribution in [-0.4, -0.2) is 45.2 Å². The summed E-state index contributed by atoms with van der Waals surface area (Å²) in [6.45, 7) is 3.28. The number of pyridine rings is 1. The van der Waals surface area contributed by atoms with Crippen LogP contribution in [0.25, 0.3) is 11.3 Å². The number of carbonyl (C=O) groups is 1. The molecule has 0 spiro atoms. The van der Waals surface area contributed by atoms with Gasteiger partial charge in [-0.2, -0.15) is 5.10 Å². The van der Waals surface area contributed by atoms with Crippen LogP contribution in [0.4, 0.5) is 0 Å². The smallest absolute Gasteiger partial charge is 0.272 e. The van der Waals surface area contributed by atoms with E-state index < -0.39 is 0 Å². The summed E-state index contributed by atoms with van der Waals surface area (Å²) in [6, 6.07) is 13.5. The van der Waals surface area contributed by atoms with E-state index in [1.165, 1.54) is 5.56 Å². The fourth-order valence-electron chi connectivity index (χ4n) is 3.04. The summed E-state index contributed by atoms with van der Waals surface area (Å²) in [5.41, 5.74) is 3.34. The largest absolute Gasteiger partial charge is 0.486 e. The second-order valence-corrected chi connectivity index (χ2v) is 6.31. The van der Waals surface area contributed by atoms with E-state index in [2.05, 4.69) is 28.2 Å². The molecule has 0 saturated carbocycles. The van der Waals surface area contributed by atoms with Crippen molar-refractivity contribution in [3.63, 3.8) is 0 Å². The summed E-state index contributed by atoms with van der Waals surface area (Å²) < 4.78 is 6.04. The summed E-state index contributed by atoms with van der Waals surface area (Å²) >= 11 is 0. The average Bonchev–Trinajstić information content (AvgIpc) is 3.15. The number of rotatable bonds is 5. The number of aromatic amines is 1. The highest BCUT2D eigenvalue weighted by Gasteiger charge is 2.34. The highest BCUT2D eigenvalue weighted by Crippen LogP contribution is 2.24. The van der Waals surface area contributed by atoms with Crippen LogP contribution in [0, 0.1) is 0 Å². The van der Waals surface area contributed by atoms with E-state index in [1.807, 2.05) is 30.3 Å². The van der Waals surface area contributed by atoms with Crippen molar-refractivity contribution in [3.8, 4) is 17.0 Å². The van der Waals surface area contributed by atoms with Gasteiger partial charge in [0.05, 0.1) is 18.8 Å². The Labute approximate surface area is 151 Å². The first-order valence-corrected chi connectivity index (χ1v) is 8.74. The lowest BCUT2D eigenvalue weighted by atomic mass is 10.1. The molecule has 1 aliphatic heterocycles. The maximum Gasteiger partial charge on any atom is 0.272 e. The summed E-state index contributed by atoms with van der Waals surface area (Å²) in [5, 5.41) is 7.06.